The van der Waals surface area contributed by atoms with Crippen LogP contribution in [-0.2, 0) is 24.5 Å². The Kier molecular flexibility index (Phi) is 7.45. The normalized spacial score (nSPS) is 12.1. The van der Waals surface area contributed by atoms with Crippen LogP contribution >= 0.6 is 0 Å². The van der Waals surface area contributed by atoms with Crippen LogP contribution in [0.15, 0.2) is 81.4 Å². The molecule has 0 unspecified atom stereocenters. The van der Waals surface area contributed by atoms with Crippen LogP contribution in [0.25, 0.3) is 0 Å². The van der Waals surface area contributed by atoms with E-state index in [0.29, 0.717) is 12.1 Å². The highest BCUT2D eigenvalue weighted by Gasteiger charge is 2.47. The summed E-state index contributed by atoms with van der Waals surface area (Å²) < 4.78 is 97.3. The SMILES string of the molecule is O=C(O)COc1ccc(S(=O)(=O)c2ccc(Oc3ccc(S(=O)(=O)C(F)(F)F)cc3[N+](=O)[O-])cc2)cc1. The van der Waals surface area contributed by atoms with Crippen molar-refractivity contribution in [2.24, 2.45) is 0 Å². The fraction of sp³-hybridized carbons (Fsp3) is 0.0952. The maximum absolute atomic E-state index is 12.8. The molecule has 11 nitrogen and oxygen atoms in total. The molecule has 0 aliphatic heterocycles. The summed E-state index contributed by atoms with van der Waals surface area (Å²) in [5.74, 6) is -1.81. The molecule has 0 aliphatic rings. The Morgan fingerprint density at radius 2 is 1.35 bits per heavy atom. The van der Waals surface area contributed by atoms with Crippen molar-refractivity contribution in [3.8, 4) is 17.2 Å². The molecule has 0 radical (unpaired) electrons. The van der Waals surface area contributed by atoms with Crippen molar-refractivity contribution in [2.45, 2.75) is 20.2 Å². The molecule has 3 aromatic carbocycles. The van der Waals surface area contributed by atoms with Gasteiger partial charge in [0.1, 0.15) is 11.5 Å². The van der Waals surface area contributed by atoms with E-state index in [1.807, 2.05) is 0 Å². The molecule has 196 valence electrons. The summed E-state index contributed by atoms with van der Waals surface area (Å²) in [6.45, 7) is -0.618. The lowest BCUT2D eigenvalue weighted by Gasteiger charge is -2.11. The molecule has 0 amide bonds. The second-order valence-corrected chi connectivity index (χ2v) is 11.0. The number of carboxylic acids is 1. The number of carboxylic acid groups (broad SMARTS) is 1. The summed E-state index contributed by atoms with van der Waals surface area (Å²) in [5.41, 5.74) is -6.73. The number of nitro groups is 1. The summed E-state index contributed by atoms with van der Waals surface area (Å²) in [6, 6.07) is 10.7. The highest BCUT2D eigenvalue weighted by molar-refractivity contribution is 7.92. The zero-order valence-corrected chi connectivity index (χ0v) is 19.7. The van der Waals surface area contributed by atoms with E-state index in [4.69, 9.17) is 14.6 Å². The lowest BCUT2D eigenvalue weighted by molar-refractivity contribution is -0.385. The molecular formula is C21H14F3NO10S2. The van der Waals surface area contributed by atoms with E-state index in [9.17, 15) is 44.9 Å². The van der Waals surface area contributed by atoms with Crippen molar-refractivity contribution in [1.82, 2.24) is 0 Å². The standard InChI is InChI=1S/C21H14F3NO10S2/c22-21(23,24)37(32,33)17-9-10-19(18(11-17)25(28)29)35-14-3-7-16(8-4-14)36(30,31)15-5-1-13(2-6-15)34-12-20(26)27/h1-11H,12H2,(H,26,27). The Morgan fingerprint density at radius 3 is 1.81 bits per heavy atom. The first kappa shape index (κ1) is 27.4. The highest BCUT2D eigenvalue weighted by Crippen LogP contribution is 2.37. The average molecular weight is 561 g/mol. The molecule has 0 atom stereocenters. The predicted octanol–water partition coefficient (Wildman–Crippen LogP) is 3.98. The minimum absolute atomic E-state index is 0.126. The van der Waals surface area contributed by atoms with Crippen LogP contribution in [0, 0.1) is 10.1 Å². The van der Waals surface area contributed by atoms with Gasteiger partial charge in [-0.1, -0.05) is 0 Å². The number of nitro benzene ring substituents is 1. The van der Waals surface area contributed by atoms with E-state index in [-0.39, 0.29) is 27.4 Å². The molecule has 37 heavy (non-hydrogen) atoms. The zero-order valence-electron chi connectivity index (χ0n) is 18.1. The van der Waals surface area contributed by atoms with E-state index in [1.54, 1.807) is 0 Å². The quantitative estimate of drug-likeness (QED) is 0.298. The Bertz CT molecular complexity index is 1550. The Hall–Kier alpha value is -4.18. The third-order valence-corrected chi connectivity index (χ3v) is 7.87. The van der Waals surface area contributed by atoms with E-state index in [1.165, 1.54) is 24.3 Å². The molecule has 0 aromatic heterocycles. The van der Waals surface area contributed by atoms with Crippen molar-refractivity contribution in [2.75, 3.05) is 6.61 Å². The second kappa shape index (κ2) is 10.1. The second-order valence-electron chi connectivity index (χ2n) is 7.07. The van der Waals surface area contributed by atoms with Gasteiger partial charge in [0, 0.05) is 6.07 Å². The molecular weight excluding hydrogens is 547 g/mol. The molecule has 0 bridgehead atoms. The maximum Gasteiger partial charge on any atom is 0.501 e. The fourth-order valence-electron chi connectivity index (χ4n) is 2.84. The molecule has 0 saturated carbocycles. The van der Waals surface area contributed by atoms with Gasteiger partial charge >= 0.3 is 17.2 Å². The Balaban J connectivity index is 1.85. The van der Waals surface area contributed by atoms with Crippen molar-refractivity contribution in [1.29, 1.82) is 0 Å². The van der Waals surface area contributed by atoms with Crippen LogP contribution in [0.3, 0.4) is 0 Å². The summed E-state index contributed by atoms with van der Waals surface area (Å²) in [4.78, 5) is 19.0. The lowest BCUT2D eigenvalue weighted by atomic mass is 10.3. The number of rotatable bonds is 9. The third kappa shape index (κ3) is 5.97. The van der Waals surface area contributed by atoms with Gasteiger partial charge in [-0.25, -0.2) is 21.6 Å². The molecule has 0 spiro atoms. The number of halogens is 3. The molecule has 16 heteroatoms. The van der Waals surface area contributed by atoms with E-state index < -0.39 is 59.0 Å². The number of alkyl halides is 3. The van der Waals surface area contributed by atoms with Crippen molar-refractivity contribution < 1.29 is 54.3 Å². The van der Waals surface area contributed by atoms with Gasteiger partial charge in [0.25, 0.3) is 9.84 Å². The first-order valence-corrected chi connectivity index (χ1v) is 12.7. The third-order valence-electron chi connectivity index (χ3n) is 4.60. The largest absolute Gasteiger partial charge is 0.501 e. The summed E-state index contributed by atoms with van der Waals surface area (Å²) in [7, 11) is -9.88. The number of nitrogens with zero attached hydrogens (tertiary/aromatic N) is 1. The van der Waals surface area contributed by atoms with E-state index >= 15 is 0 Å². The van der Waals surface area contributed by atoms with Gasteiger partial charge in [-0.15, -0.1) is 0 Å². The van der Waals surface area contributed by atoms with Gasteiger partial charge in [0.05, 0.1) is 19.6 Å². The molecule has 1 N–H and O–H groups in total. The number of hydrogen-bond acceptors (Lipinski definition) is 9. The number of ether oxygens (including phenoxy) is 2. The summed E-state index contributed by atoms with van der Waals surface area (Å²) in [5, 5.41) is 19.9. The zero-order chi connectivity index (χ0) is 27.6. The number of aliphatic carboxylic acids is 1. The van der Waals surface area contributed by atoms with Gasteiger partial charge in [0.2, 0.25) is 15.6 Å². The summed E-state index contributed by atoms with van der Waals surface area (Å²) in [6.07, 6.45) is 0. The summed E-state index contributed by atoms with van der Waals surface area (Å²) >= 11 is 0. The first-order valence-electron chi connectivity index (χ1n) is 9.70. The van der Waals surface area contributed by atoms with Crippen LogP contribution in [-0.4, -0.2) is 44.9 Å². The molecule has 0 saturated heterocycles. The van der Waals surface area contributed by atoms with Crippen molar-refractivity contribution in [3.05, 3.63) is 76.8 Å². The van der Waals surface area contributed by atoms with Gasteiger partial charge < -0.3 is 14.6 Å². The van der Waals surface area contributed by atoms with Crippen LogP contribution in [0.1, 0.15) is 0 Å². The van der Waals surface area contributed by atoms with Gasteiger partial charge in [-0.05, 0) is 60.7 Å². The molecule has 0 aliphatic carbocycles. The Morgan fingerprint density at radius 1 is 0.865 bits per heavy atom. The Labute approximate surface area is 206 Å². The van der Waals surface area contributed by atoms with Crippen molar-refractivity contribution in [3.63, 3.8) is 0 Å². The fourth-order valence-corrected chi connectivity index (χ4v) is 4.88. The number of hydrogen-bond donors (Lipinski definition) is 1. The number of benzene rings is 3. The van der Waals surface area contributed by atoms with Crippen molar-refractivity contribution >= 4 is 31.3 Å². The monoisotopic (exact) mass is 561 g/mol. The van der Waals surface area contributed by atoms with E-state index in [0.717, 1.165) is 24.3 Å². The van der Waals surface area contributed by atoms with Gasteiger partial charge in [-0.3, -0.25) is 10.1 Å². The lowest BCUT2D eigenvalue weighted by Crippen LogP contribution is -2.23. The molecule has 0 fully saturated rings. The van der Waals surface area contributed by atoms with Crippen LogP contribution < -0.4 is 9.47 Å². The van der Waals surface area contributed by atoms with Crippen LogP contribution in [0.5, 0.6) is 17.2 Å². The number of carbonyl (C=O) groups is 1. The van der Waals surface area contributed by atoms with Crippen LogP contribution in [0.4, 0.5) is 18.9 Å². The van der Waals surface area contributed by atoms with Crippen LogP contribution in [0.2, 0.25) is 0 Å². The highest BCUT2D eigenvalue weighted by atomic mass is 32.2. The topological polar surface area (TPSA) is 167 Å². The smallest absolute Gasteiger partial charge is 0.482 e. The average Bonchev–Trinajstić information content (AvgIpc) is 2.82. The van der Waals surface area contributed by atoms with E-state index in [2.05, 4.69) is 0 Å². The first-order chi connectivity index (χ1) is 17.1. The molecule has 3 rings (SSSR count). The van der Waals surface area contributed by atoms with Gasteiger partial charge in [0.15, 0.2) is 6.61 Å². The minimum Gasteiger partial charge on any atom is -0.482 e. The molecule has 3 aromatic rings. The minimum atomic E-state index is -5.84. The predicted molar refractivity (Wildman–Crippen MR) is 118 cm³/mol. The number of sulfone groups is 2. The van der Waals surface area contributed by atoms with Gasteiger partial charge in [-0.2, -0.15) is 13.2 Å². The molecule has 0 heterocycles. The maximum atomic E-state index is 12.8.